The van der Waals surface area contributed by atoms with Gasteiger partial charge < -0.3 is 4.52 Å². The van der Waals surface area contributed by atoms with Crippen LogP contribution in [0.3, 0.4) is 0 Å². The molecule has 1 unspecified atom stereocenters. The standard InChI is InChI=1S/C18H17N3O3S2/c1-11-8-13-4-2-3-5-15(13)21(11)26(22,23)16-9-14(10-25-16)17-19-18(24-20-17)12-6-7-12/h2-5,9-12H,6-8H2,1H3. The molecule has 6 nitrogen and oxygen atoms in total. The average Bonchev–Trinajstić information content (AvgIpc) is 3.05. The quantitative estimate of drug-likeness (QED) is 0.680. The molecule has 0 radical (unpaired) electrons. The van der Waals surface area contributed by atoms with Gasteiger partial charge in [0.15, 0.2) is 0 Å². The molecule has 0 spiro atoms. The summed E-state index contributed by atoms with van der Waals surface area (Å²) < 4.78 is 33.6. The fourth-order valence-electron chi connectivity index (χ4n) is 3.42. The largest absolute Gasteiger partial charge is 0.339 e. The van der Waals surface area contributed by atoms with E-state index < -0.39 is 10.0 Å². The number of hydrogen-bond donors (Lipinski definition) is 0. The van der Waals surface area contributed by atoms with Gasteiger partial charge >= 0.3 is 0 Å². The molecule has 8 heteroatoms. The molecule has 1 atom stereocenters. The summed E-state index contributed by atoms with van der Waals surface area (Å²) in [5.41, 5.74) is 2.52. The van der Waals surface area contributed by atoms with E-state index in [1.807, 2.05) is 31.2 Å². The van der Waals surface area contributed by atoms with Gasteiger partial charge in [-0.15, -0.1) is 11.3 Å². The number of rotatable bonds is 4. The molecule has 1 aliphatic heterocycles. The van der Waals surface area contributed by atoms with Crippen molar-refractivity contribution < 1.29 is 12.9 Å². The highest BCUT2D eigenvalue weighted by atomic mass is 32.2. The summed E-state index contributed by atoms with van der Waals surface area (Å²) in [6.07, 6.45) is 2.89. The van der Waals surface area contributed by atoms with Crippen LogP contribution in [0.5, 0.6) is 0 Å². The van der Waals surface area contributed by atoms with Crippen molar-refractivity contribution in [3.63, 3.8) is 0 Å². The summed E-state index contributed by atoms with van der Waals surface area (Å²) in [5, 5.41) is 5.78. The van der Waals surface area contributed by atoms with Crippen LogP contribution in [0.15, 0.2) is 44.4 Å². The lowest BCUT2D eigenvalue weighted by molar-refractivity contribution is 0.380. The molecule has 0 bridgehead atoms. The zero-order chi connectivity index (χ0) is 17.9. The van der Waals surface area contributed by atoms with E-state index in [2.05, 4.69) is 10.1 Å². The van der Waals surface area contributed by atoms with Crippen molar-refractivity contribution in [3.05, 3.63) is 47.2 Å². The molecule has 0 N–H and O–H groups in total. The van der Waals surface area contributed by atoms with Crippen molar-refractivity contribution >= 4 is 27.0 Å². The highest BCUT2D eigenvalue weighted by Gasteiger charge is 2.37. The van der Waals surface area contributed by atoms with Gasteiger partial charge in [0.05, 0.1) is 5.69 Å². The zero-order valence-electron chi connectivity index (χ0n) is 14.1. The molecule has 0 saturated heterocycles. The molecule has 3 aromatic rings. The molecular formula is C18H17N3O3S2. The van der Waals surface area contributed by atoms with Crippen LogP contribution < -0.4 is 4.31 Å². The molecular weight excluding hydrogens is 370 g/mol. The van der Waals surface area contributed by atoms with Crippen molar-refractivity contribution in [3.8, 4) is 11.4 Å². The predicted molar refractivity (Wildman–Crippen MR) is 98.9 cm³/mol. The number of aromatic nitrogens is 2. The third-order valence-electron chi connectivity index (χ3n) is 4.86. The minimum atomic E-state index is -3.62. The second kappa shape index (κ2) is 5.65. The van der Waals surface area contributed by atoms with Crippen LogP contribution in [-0.2, 0) is 16.4 Å². The van der Waals surface area contributed by atoms with E-state index in [1.54, 1.807) is 11.4 Å². The maximum atomic E-state index is 13.2. The maximum absolute atomic E-state index is 13.2. The second-order valence-electron chi connectivity index (χ2n) is 6.87. The molecule has 5 rings (SSSR count). The molecule has 1 aliphatic carbocycles. The maximum Gasteiger partial charge on any atom is 0.274 e. The van der Waals surface area contributed by atoms with Gasteiger partial charge in [0.2, 0.25) is 11.7 Å². The molecule has 1 aromatic carbocycles. The molecule has 1 fully saturated rings. The molecule has 26 heavy (non-hydrogen) atoms. The summed E-state index contributed by atoms with van der Waals surface area (Å²) in [4.78, 5) is 4.41. The molecule has 2 aromatic heterocycles. The van der Waals surface area contributed by atoms with Crippen LogP contribution in [-0.4, -0.2) is 24.6 Å². The summed E-state index contributed by atoms with van der Waals surface area (Å²) in [7, 11) is -3.62. The first kappa shape index (κ1) is 16.0. The van der Waals surface area contributed by atoms with Gasteiger partial charge in [0.1, 0.15) is 4.21 Å². The Hall–Kier alpha value is -2.19. The van der Waals surface area contributed by atoms with E-state index in [-0.39, 0.29) is 6.04 Å². The fraction of sp³-hybridized carbons (Fsp3) is 0.333. The number of anilines is 1. The lowest BCUT2D eigenvalue weighted by Gasteiger charge is -2.23. The van der Waals surface area contributed by atoms with Gasteiger partial charge in [0.25, 0.3) is 10.0 Å². The van der Waals surface area contributed by atoms with Gasteiger partial charge in [-0.2, -0.15) is 4.98 Å². The molecule has 3 heterocycles. The minimum Gasteiger partial charge on any atom is -0.339 e. The van der Waals surface area contributed by atoms with E-state index >= 15 is 0 Å². The number of hydrogen-bond acceptors (Lipinski definition) is 6. The van der Waals surface area contributed by atoms with E-state index in [9.17, 15) is 8.42 Å². The second-order valence-corrected chi connectivity index (χ2v) is 9.82. The molecule has 2 aliphatic rings. The van der Waals surface area contributed by atoms with Gasteiger partial charge in [-0.05, 0) is 43.9 Å². The fourth-order valence-corrected chi connectivity index (χ4v) is 6.36. The van der Waals surface area contributed by atoms with Crippen LogP contribution >= 0.6 is 11.3 Å². The van der Waals surface area contributed by atoms with E-state index in [4.69, 9.17) is 4.52 Å². The third kappa shape index (κ3) is 2.47. The Bertz CT molecular complexity index is 1080. The zero-order valence-corrected chi connectivity index (χ0v) is 15.8. The Morgan fingerprint density at radius 2 is 2.08 bits per heavy atom. The van der Waals surface area contributed by atoms with Crippen LogP contribution in [0.2, 0.25) is 0 Å². The number of para-hydroxylation sites is 1. The first-order chi connectivity index (χ1) is 12.5. The number of fused-ring (bicyclic) bond motifs is 1. The van der Waals surface area contributed by atoms with Crippen molar-refractivity contribution in [1.29, 1.82) is 0 Å². The summed E-state index contributed by atoms with van der Waals surface area (Å²) in [6.45, 7) is 1.94. The van der Waals surface area contributed by atoms with E-state index in [1.165, 1.54) is 15.6 Å². The van der Waals surface area contributed by atoms with Gasteiger partial charge in [-0.3, -0.25) is 4.31 Å². The number of benzene rings is 1. The third-order valence-corrected chi connectivity index (χ3v) is 8.20. The van der Waals surface area contributed by atoms with Gasteiger partial charge in [0, 0.05) is 22.9 Å². The lowest BCUT2D eigenvalue weighted by Crippen LogP contribution is -2.35. The number of sulfonamides is 1. The summed E-state index contributed by atoms with van der Waals surface area (Å²) in [6, 6.07) is 9.21. The Labute approximate surface area is 155 Å². The number of nitrogens with zero attached hydrogens (tertiary/aromatic N) is 3. The minimum absolute atomic E-state index is 0.102. The highest BCUT2D eigenvalue weighted by Crippen LogP contribution is 2.41. The molecule has 1 saturated carbocycles. The Balaban J connectivity index is 1.50. The topological polar surface area (TPSA) is 76.3 Å². The number of thiophene rings is 1. The predicted octanol–water partition coefficient (Wildman–Crippen LogP) is 3.82. The lowest BCUT2D eigenvalue weighted by atomic mass is 10.1. The van der Waals surface area contributed by atoms with Crippen LogP contribution in [0.4, 0.5) is 5.69 Å². The van der Waals surface area contributed by atoms with Crippen LogP contribution in [0.25, 0.3) is 11.4 Å². The monoisotopic (exact) mass is 387 g/mol. The summed E-state index contributed by atoms with van der Waals surface area (Å²) >= 11 is 1.20. The first-order valence-corrected chi connectivity index (χ1v) is 10.9. The smallest absolute Gasteiger partial charge is 0.274 e. The van der Waals surface area contributed by atoms with Gasteiger partial charge in [-0.25, -0.2) is 8.42 Å². The van der Waals surface area contributed by atoms with Crippen molar-refractivity contribution in [1.82, 2.24) is 10.1 Å². The van der Waals surface area contributed by atoms with Crippen LogP contribution in [0.1, 0.15) is 37.1 Å². The Morgan fingerprint density at radius 1 is 1.27 bits per heavy atom. The highest BCUT2D eigenvalue weighted by molar-refractivity contribution is 7.94. The van der Waals surface area contributed by atoms with Crippen LogP contribution in [0, 0.1) is 0 Å². The van der Waals surface area contributed by atoms with Crippen molar-refractivity contribution in [2.45, 2.75) is 42.4 Å². The summed E-state index contributed by atoms with van der Waals surface area (Å²) in [5.74, 6) is 1.48. The molecule has 134 valence electrons. The van der Waals surface area contributed by atoms with E-state index in [0.29, 0.717) is 27.4 Å². The van der Waals surface area contributed by atoms with Crippen molar-refractivity contribution in [2.24, 2.45) is 0 Å². The first-order valence-electron chi connectivity index (χ1n) is 8.59. The SMILES string of the molecule is CC1Cc2ccccc2N1S(=O)(=O)c1cc(-c2noc(C3CC3)n2)cs1. The normalized spacial score (nSPS) is 19.7. The van der Waals surface area contributed by atoms with Crippen molar-refractivity contribution in [2.75, 3.05) is 4.31 Å². The van der Waals surface area contributed by atoms with Gasteiger partial charge in [-0.1, -0.05) is 23.4 Å². The van der Waals surface area contributed by atoms with E-state index in [0.717, 1.165) is 30.5 Å². The Kier molecular flexibility index (Phi) is 3.48. The Morgan fingerprint density at radius 3 is 2.88 bits per heavy atom. The average molecular weight is 387 g/mol. The molecule has 0 amide bonds.